The molecule has 6 nitrogen and oxygen atoms in total. The first-order valence-electron chi connectivity index (χ1n) is 11.4. The fourth-order valence-corrected chi connectivity index (χ4v) is 3.94. The second kappa shape index (κ2) is 12.6. The summed E-state index contributed by atoms with van der Waals surface area (Å²) in [5.41, 5.74) is -3.19. The maximum atomic E-state index is 14.8. The zero-order chi connectivity index (χ0) is 27.9. The van der Waals surface area contributed by atoms with E-state index < -0.39 is 63.0 Å². The molecule has 1 amide bonds. The van der Waals surface area contributed by atoms with Crippen LogP contribution in [0.3, 0.4) is 0 Å². The molecule has 0 aliphatic heterocycles. The fraction of sp³-hybridized carbons (Fsp3) is 0.308. The third kappa shape index (κ3) is 6.82. The van der Waals surface area contributed by atoms with Crippen molar-refractivity contribution in [3.8, 4) is 0 Å². The highest BCUT2D eigenvalue weighted by molar-refractivity contribution is 6.35. The summed E-state index contributed by atoms with van der Waals surface area (Å²) in [4.78, 5) is 37.1. The van der Waals surface area contributed by atoms with Gasteiger partial charge in [0.15, 0.2) is 5.78 Å². The lowest BCUT2D eigenvalue weighted by atomic mass is 9.84. The third-order valence-electron chi connectivity index (χ3n) is 5.31. The standard InChI is InChI=1S/C24H19ClF4N2O4.C2H6/c1-2-35-23(34)13-10-9-12(11-18(13)32)21(30)20-16(26)7-4-8-17(20)31-22(33)19-14(24(27,28)29)5-3-6-15(19)25;1-2/h3-8,11,13,30H,2,9-10H2,1H3,(H,31,33);1-2H3. The highest BCUT2D eigenvalue weighted by atomic mass is 35.5. The van der Waals surface area contributed by atoms with Crippen molar-refractivity contribution in [2.75, 3.05) is 11.9 Å². The van der Waals surface area contributed by atoms with Crippen LogP contribution in [0.4, 0.5) is 23.2 Å². The molecule has 0 heterocycles. The quantitative estimate of drug-likeness (QED) is 0.186. The van der Waals surface area contributed by atoms with Crippen LogP contribution in [0, 0.1) is 17.1 Å². The highest BCUT2D eigenvalue weighted by Crippen LogP contribution is 2.36. The Labute approximate surface area is 216 Å². The summed E-state index contributed by atoms with van der Waals surface area (Å²) in [6.45, 7) is 5.69. The van der Waals surface area contributed by atoms with E-state index in [0.717, 1.165) is 24.3 Å². The van der Waals surface area contributed by atoms with Gasteiger partial charge in [-0.2, -0.15) is 13.2 Å². The lowest BCUT2D eigenvalue weighted by Crippen LogP contribution is -2.29. The lowest BCUT2D eigenvalue weighted by molar-refractivity contribution is -0.151. The first-order chi connectivity index (χ1) is 17.5. The van der Waals surface area contributed by atoms with Crippen LogP contribution in [0.2, 0.25) is 5.02 Å². The van der Waals surface area contributed by atoms with E-state index in [4.69, 9.17) is 21.7 Å². The Morgan fingerprint density at radius 1 is 1.14 bits per heavy atom. The number of esters is 1. The fourth-order valence-electron chi connectivity index (χ4n) is 3.68. The van der Waals surface area contributed by atoms with Crippen molar-refractivity contribution in [2.24, 2.45) is 5.92 Å². The molecule has 0 radical (unpaired) electrons. The number of allylic oxidation sites excluding steroid dienone is 2. The molecular formula is C26H25ClF4N2O4. The van der Waals surface area contributed by atoms with Gasteiger partial charge >= 0.3 is 12.1 Å². The van der Waals surface area contributed by atoms with Gasteiger partial charge in [-0.15, -0.1) is 0 Å². The molecule has 2 aromatic rings. The number of carbonyl (C=O) groups is 3. The second-order valence-corrected chi connectivity index (χ2v) is 7.97. The Balaban J connectivity index is 0.00000235. The Hall–Kier alpha value is -3.53. The first-order valence-corrected chi connectivity index (χ1v) is 11.8. The minimum atomic E-state index is -4.88. The normalized spacial score (nSPS) is 15.2. The molecule has 0 spiro atoms. The summed E-state index contributed by atoms with van der Waals surface area (Å²) in [5, 5.41) is 10.2. The number of nitrogens with one attached hydrogen (secondary N) is 2. The predicted molar refractivity (Wildman–Crippen MR) is 131 cm³/mol. The molecule has 1 atom stereocenters. The Morgan fingerprint density at radius 3 is 2.38 bits per heavy atom. The number of benzene rings is 2. The van der Waals surface area contributed by atoms with Gasteiger partial charge in [0.05, 0.1) is 39.7 Å². The molecule has 0 saturated carbocycles. The first kappa shape index (κ1) is 29.7. The number of ketones is 1. The molecule has 11 heteroatoms. The topological polar surface area (TPSA) is 96.3 Å². The summed E-state index contributed by atoms with van der Waals surface area (Å²) in [5.74, 6) is -4.53. The van der Waals surface area contributed by atoms with E-state index in [0.29, 0.717) is 6.07 Å². The van der Waals surface area contributed by atoms with E-state index in [1.807, 2.05) is 13.8 Å². The van der Waals surface area contributed by atoms with Gasteiger partial charge in [0.2, 0.25) is 0 Å². The summed E-state index contributed by atoms with van der Waals surface area (Å²) in [6.07, 6.45) is -3.73. The number of carbonyl (C=O) groups excluding carboxylic acids is 3. The van der Waals surface area contributed by atoms with Gasteiger partial charge in [-0.25, -0.2) is 4.39 Å². The van der Waals surface area contributed by atoms with Crippen LogP contribution >= 0.6 is 11.6 Å². The smallest absolute Gasteiger partial charge is 0.417 e. The van der Waals surface area contributed by atoms with Crippen LogP contribution in [-0.4, -0.2) is 30.0 Å². The zero-order valence-electron chi connectivity index (χ0n) is 20.3. The minimum absolute atomic E-state index is 0.0383. The number of hydrogen-bond donors (Lipinski definition) is 2. The van der Waals surface area contributed by atoms with E-state index in [9.17, 15) is 31.9 Å². The minimum Gasteiger partial charge on any atom is -0.465 e. The van der Waals surface area contributed by atoms with Gasteiger partial charge in [-0.05, 0) is 55.7 Å². The monoisotopic (exact) mass is 540 g/mol. The van der Waals surface area contributed by atoms with Crippen molar-refractivity contribution in [1.82, 2.24) is 0 Å². The number of alkyl halides is 3. The number of rotatable bonds is 6. The third-order valence-corrected chi connectivity index (χ3v) is 5.63. The predicted octanol–water partition coefficient (Wildman–Crippen LogP) is 6.61. The summed E-state index contributed by atoms with van der Waals surface area (Å²) in [6, 6.07) is 6.26. The van der Waals surface area contributed by atoms with Crippen molar-refractivity contribution in [3.63, 3.8) is 0 Å². The van der Waals surface area contributed by atoms with Gasteiger partial charge in [-0.1, -0.05) is 37.6 Å². The van der Waals surface area contributed by atoms with Gasteiger partial charge < -0.3 is 10.1 Å². The molecule has 1 unspecified atom stereocenters. The molecule has 0 aromatic heterocycles. The molecule has 1 aliphatic carbocycles. The van der Waals surface area contributed by atoms with Gasteiger partial charge in [0.25, 0.3) is 5.91 Å². The maximum Gasteiger partial charge on any atom is 0.417 e. The zero-order valence-corrected chi connectivity index (χ0v) is 21.0. The van der Waals surface area contributed by atoms with Crippen molar-refractivity contribution in [2.45, 2.75) is 39.8 Å². The van der Waals surface area contributed by atoms with Crippen molar-refractivity contribution >= 4 is 40.7 Å². The molecule has 1 aliphatic rings. The highest BCUT2D eigenvalue weighted by Gasteiger charge is 2.37. The maximum absolute atomic E-state index is 14.8. The molecule has 0 saturated heterocycles. The van der Waals surface area contributed by atoms with Crippen molar-refractivity contribution in [3.05, 3.63) is 75.6 Å². The van der Waals surface area contributed by atoms with Crippen LogP contribution in [-0.2, 0) is 20.5 Å². The van der Waals surface area contributed by atoms with Gasteiger partial charge in [-0.3, -0.25) is 19.8 Å². The van der Waals surface area contributed by atoms with Gasteiger partial charge in [0, 0.05) is 0 Å². The Morgan fingerprint density at radius 2 is 1.78 bits per heavy atom. The van der Waals surface area contributed by atoms with Crippen LogP contribution in [0.1, 0.15) is 55.1 Å². The van der Waals surface area contributed by atoms with E-state index in [-0.39, 0.29) is 30.7 Å². The summed E-state index contributed by atoms with van der Waals surface area (Å²) < 4.78 is 59.9. The largest absolute Gasteiger partial charge is 0.465 e. The summed E-state index contributed by atoms with van der Waals surface area (Å²) >= 11 is 5.87. The van der Waals surface area contributed by atoms with Gasteiger partial charge in [0.1, 0.15) is 11.7 Å². The molecule has 0 bridgehead atoms. The number of amides is 1. The van der Waals surface area contributed by atoms with Crippen molar-refractivity contribution in [1.29, 1.82) is 5.41 Å². The Kier molecular flexibility index (Phi) is 10.1. The van der Waals surface area contributed by atoms with Crippen molar-refractivity contribution < 1.29 is 36.7 Å². The average molecular weight is 541 g/mol. The SMILES string of the molecule is CC.CCOC(=O)C1CCC(C(=N)c2c(F)cccc2NC(=O)c2c(Cl)cccc2C(F)(F)F)=CC1=O. The van der Waals surface area contributed by atoms with Crippen LogP contribution in [0.5, 0.6) is 0 Å². The summed E-state index contributed by atoms with van der Waals surface area (Å²) in [7, 11) is 0. The number of anilines is 1. The molecule has 198 valence electrons. The molecule has 2 N–H and O–H groups in total. The Bertz CT molecular complexity index is 1240. The molecule has 37 heavy (non-hydrogen) atoms. The number of hydrogen-bond acceptors (Lipinski definition) is 5. The van der Waals surface area contributed by atoms with E-state index >= 15 is 0 Å². The second-order valence-electron chi connectivity index (χ2n) is 7.57. The molecule has 3 rings (SSSR count). The van der Waals surface area contributed by atoms with E-state index in [1.165, 1.54) is 12.1 Å². The average Bonchev–Trinajstić information content (AvgIpc) is 2.84. The van der Waals surface area contributed by atoms with Crippen LogP contribution < -0.4 is 5.32 Å². The molecular weight excluding hydrogens is 516 g/mol. The lowest BCUT2D eigenvalue weighted by Gasteiger charge is -2.21. The van der Waals surface area contributed by atoms with E-state index in [2.05, 4.69) is 5.32 Å². The number of ether oxygens (including phenoxy) is 1. The van der Waals surface area contributed by atoms with E-state index in [1.54, 1.807) is 6.92 Å². The van der Waals surface area contributed by atoms with Crippen LogP contribution in [0.25, 0.3) is 0 Å². The molecule has 0 fully saturated rings. The number of halogens is 5. The van der Waals surface area contributed by atoms with Crippen LogP contribution in [0.15, 0.2) is 48.0 Å². The molecule has 2 aromatic carbocycles.